The summed E-state index contributed by atoms with van der Waals surface area (Å²) in [5.74, 6) is -1.47. The second-order valence-electron chi connectivity index (χ2n) is 4.85. The highest BCUT2D eigenvalue weighted by molar-refractivity contribution is 7.91. The van der Waals surface area contributed by atoms with Gasteiger partial charge in [-0.05, 0) is 31.2 Å². The minimum Gasteiger partial charge on any atom is -0.478 e. The number of carbonyl (C=O) groups excluding carboxylic acids is 1. The van der Waals surface area contributed by atoms with Crippen molar-refractivity contribution in [2.75, 3.05) is 18.6 Å². The van der Waals surface area contributed by atoms with Crippen LogP contribution in [-0.4, -0.2) is 54.9 Å². The van der Waals surface area contributed by atoms with Crippen LogP contribution in [0.25, 0.3) is 0 Å². The number of aromatic carboxylic acids is 1. The Bertz CT molecular complexity index is 621. The van der Waals surface area contributed by atoms with E-state index in [1.165, 1.54) is 36.2 Å². The van der Waals surface area contributed by atoms with Gasteiger partial charge in [-0.1, -0.05) is 6.92 Å². The number of carbonyl (C=O) groups is 2. The molecular formula is C14H19NO5S. The summed E-state index contributed by atoms with van der Waals surface area (Å²) in [4.78, 5) is 24.3. The smallest absolute Gasteiger partial charge is 0.335 e. The van der Waals surface area contributed by atoms with Gasteiger partial charge < -0.3 is 10.0 Å². The number of sulfone groups is 1. The molecule has 116 valence electrons. The van der Waals surface area contributed by atoms with Crippen LogP contribution in [0.4, 0.5) is 0 Å². The van der Waals surface area contributed by atoms with Gasteiger partial charge in [-0.25, -0.2) is 13.2 Å². The van der Waals surface area contributed by atoms with Crippen molar-refractivity contribution >= 4 is 21.7 Å². The quantitative estimate of drug-likeness (QED) is 0.854. The molecule has 1 atom stereocenters. The SMILES string of the molecule is CCS(=O)(=O)CC(C)N(C)C(=O)c1ccc(C(=O)O)cc1. The largest absolute Gasteiger partial charge is 0.478 e. The van der Waals surface area contributed by atoms with Gasteiger partial charge in [-0.3, -0.25) is 4.79 Å². The molecule has 1 unspecified atom stereocenters. The van der Waals surface area contributed by atoms with Crippen molar-refractivity contribution in [3.8, 4) is 0 Å². The molecule has 0 aliphatic heterocycles. The molecule has 0 fully saturated rings. The molecule has 0 spiro atoms. The minimum absolute atomic E-state index is 0.0344. The van der Waals surface area contributed by atoms with Crippen molar-refractivity contribution < 1.29 is 23.1 Å². The normalized spacial score (nSPS) is 12.7. The number of amides is 1. The van der Waals surface area contributed by atoms with Crippen LogP contribution >= 0.6 is 0 Å². The van der Waals surface area contributed by atoms with Crippen molar-refractivity contribution in [1.29, 1.82) is 0 Å². The number of hydrogen-bond acceptors (Lipinski definition) is 4. The molecular weight excluding hydrogens is 294 g/mol. The van der Waals surface area contributed by atoms with E-state index in [9.17, 15) is 18.0 Å². The third-order valence-corrected chi connectivity index (χ3v) is 5.17. The van der Waals surface area contributed by atoms with E-state index in [1.54, 1.807) is 13.8 Å². The fourth-order valence-corrected chi connectivity index (χ4v) is 2.95. The zero-order chi connectivity index (χ0) is 16.2. The summed E-state index contributed by atoms with van der Waals surface area (Å²) in [7, 11) is -1.64. The van der Waals surface area contributed by atoms with Gasteiger partial charge in [0.25, 0.3) is 5.91 Å². The van der Waals surface area contributed by atoms with Crippen molar-refractivity contribution in [3.63, 3.8) is 0 Å². The summed E-state index contributed by atoms with van der Waals surface area (Å²) in [6.07, 6.45) is 0. The topological polar surface area (TPSA) is 91.8 Å². The highest BCUT2D eigenvalue weighted by Crippen LogP contribution is 2.10. The Morgan fingerprint density at radius 1 is 1.19 bits per heavy atom. The maximum Gasteiger partial charge on any atom is 0.335 e. The number of benzene rings is 1. The third-order valence-electron chi connectivity index (χ3n) is 3.30. The van der Waals surface area contributed by atoms with E-state index in [2.05, 4.69) is 0 Å². The Morgan fingerprint density at radius 2 is 1.67 bits per heavy atom. The first kappa shape index (κ1) is 17.2. The fraction of sp³-hybridized carbons (Fsp3) is 0.429. The lowest BCUT2D eigenvalue weighted by molar-refractivity contribution is 0.0693. The molecule has 0 aromatic heterocycles. The highest BCUT2D eigenvalue weighted by Gasteiger charge is 2.22. The van der Waals surface area contributed by atoms with Gasteiger partial charge in [0.05, 0.1) is 11.3 Å². The zero-order valence-electron chi connectivity index (χ0n) is 12.2. The van der Waals surface area contributed by atoms with Gasteiger partial charge in [0, 0.05) is 24.4 Å². The molecule has 1 rings (SSSR count). The van der Waals surface area contributed by atoms with E-state index < -0.39 is 21.8 Å². The first-order valence-electron chi connectivity index (χ1n) is 6.49. The number of nitrogens with zero attached hydrogens (tertiary/aromatic N) is 1. The number of carboxylic acid groups (broad SMARTS) is 1. The third kappa shape index (κ3) is 4.56. The van der Waals surface area contributed by atoms with Gasteiger partial charge >= 0.3 is 5.97 Å². The van der Waals surface area contributed by atoms with Crippen molar-refractivity contribution in [2.45, 2.75) is 19.9 Å². The summed E-state index contributed by atoms with van der Waals surface area (Å²) in [5.41, 5.74) is 0.416. The molecule has 0 aliphatic rings. The summed E-state index contributed by atoms with van der Waals surface area (Å²) < 4.78 is 23.2. The molecule has 1 aromatic rings. The molecule has 0 heterocycles. The van der Waals surface area contributed by atoms with Crippen LogP contribution < -0.4 is 0 Å². The molecule has 0 saturated carbocycles. The summed E-state index contributed by atoms with van der Waals surface area (Å²) in [6.45, 7) is 3.23. The molecule has 7 heteroatoms. The molecule has 0 radical (unpaired) electrons. The van der Waals surface area contributed by atoms with Gasteiger partial charge in [0.2, 0.25) is 0 Å². The van der Waals surface area contributed by atoms with Gasteiger partial charge in [0.1, 0.15) is 0 Å². The molecule has 6 nitrogen and oxygen atoms in total. The Balaban J connectivity index is 2.84. The number of rotatable bonds is 6. The predicted octanol–water partition coefficient (Wildman–Crippen LogP) is 1.28. The van der Waals surface area contributed by atoms with Gasteiger partial charge in [-0.2, -0.15) is 0 Å². The second kappa shape index (κ2) is 6.71. The Kier molecular flexibility index (Phi) is 5.48. The Labute approximate surface area is 124 Å². The summed E-state index contributed by atoms with van der Waals surface area (Å²) >= 11 is 0. The highest BCUT2D eigenvalue weighted by atomic mass is 32.2. The molecule has 1 amide bonds. The maximum absolute atomic E-state index is 12.2. The first-order valence-corrected chi connectivity index (χ1v) is 8.31. The van der Waals surface area contributed by atoms with E-state index >= 15 is 0 Å². The van der Waals surface area contributed by atoms with Crippen LogP contribution in [0.3, 0.4) is 0 Å². The molecule has 0 bridgehead atoms. The monoisotopic (exact) mass is 313 g/mol. The Morgan fingerprint density at radius 3 is 2.10 bits per heavy atom. The van der Waals surface area contributed by atoms with E-state index in [-0.39, 0.29) is 23.0 Å². The standard InChI is InChI=1S/C14H19NO5S/c1-4-21(19,20)9-10(2)15(3)13(16)11-5-7-12(8-6-11)14(17)18/h5-8,10H,4,9H2,1-3H3,(H,17,18). The van der Waals surface area contributed by atoms with Crippen molar-refractivity contribution in [3.05, 3.63) is 35.4 Å². The van der Waals surface area contributed by atoms with E-state index in [4.69, 9.17) is 5.11 Å². The van der Waals surface area contributed by atoms with Crippen LogP contribution in [0, 0.1) is 0 Å². The van der Waals surface area contributed by atoms with Crippen LogP contribution in [0.5, 0.6) is 0 Å². The van der Waals surface area contributed by atoms with Gasteiger partial charge in [-0.15, -0.1) is 0 Å². The molecule has 0 saturated heterocycles. The second-order valence-corrected chi connectivity index (χ2v) is 7.24. The zero-order valence-corrected chi connectivity index (χ0v) is 13.1. The predicted molar refractivity (Wildman–Crippen MR) is 79.3 cm³/mol. The van der Waals surface area contributed by atoms with Crippen LogP contribution in [0.1, 0.15) is 34.6 Å². The van der Waals surface area contributed by atoms with Crippen molar-refractivity contribution in [1.82, 2.24) is 4.90 Å². The molecule has 0 aliphatic carbocycles. The molecule has 1 N–H and O–H groups in total. The van der Waals surface area contributed by atoms with Crippen molar-refractivity contribution in [2.24, 2.45) is 0 Å². The van der Waals surface area contributed by atoms with Gasteiger partial charge in [0.15, 0.2) is 9.84 Å². The van der Waals surface area contributed by atoms with Crippen LogP contribution in [0.2, 0.25) is 0 Å². The molecule has 21 heavy (non-hydrogen) atoms. The lowest BCUT2D eigenvalue weighted by atomic mass is 10.1. The lowest BCUT2D eigenvalue weighted by Crippen LogP contribution is -2.39. The average Bonchev–Trinajstić information content (AvgIpc) is 2.45. The Hall–Kier alpha value is -1.89. The number of hydrogen-bond donors (Lipinski definition) is 1. The van der Waals surface area contributed by atoms with Crippen LogP contribution in [-0.2, 0) is 9.84 Å². The number of carboxylic acids is 1. The average molecular weight is 313 g/mol. The fourth-order valence-electron chi connectivity index (χ4n) is 1.76. The summed E-state index contributed by atoms with van der Waals surface area (Å²) in [5, 5.41) is 8.80. The van der Waals surface area contributed by atoms with E-state index in [0.717, 1.165) is 0 Å². The lowest BCUT2D eigenvalue weighted by Gasteiger charge is -2.24. The molecule has 1 aromatic carbocycles. The maximum atomic E-state index is 12.2. The summed E-state index contributed by atoms with van der Waals surface area (Å²) in [6, 6.07) is 5.07. The minimum atomic E-state index is -3.17. The van der Waals surface area contributed by atoms with Crippen LogP contribution in [0.15, 0.2) is 24.3 Å². The first-order chi connectivity index (χ1) is 9.68. The van der Waals surface area contributed by atoms with E-state index in [1.807, 2.05) is 0 Å². The van der Waals surface area contributed by atoms with E-state index in [0.29, 0.717) is 5.56 Å².